The van der Waals surface area contributed by atoms with Crippen LogP contribution in [0.25, 0.3) is 0 Å². The molecule has 0 unspecified atom stereocenters. The lowest BCUT2D eigenvalue weighted by molar-refractivity contribution is -0.0536. The highest BCUT2D eigenvalue weighted by Crippen LogP contribution is 2.24. The maximum Gasteiger partial charge on any atom is 0.410 e. The summed E-state index contributed by atoms with van der Waals surface area (Å²) in [6.07, 6.45) is 5.03. The smallest absolute Gasteiger partial charge is 0.410 e. The molecule has 2 fully saturated rings. The molecule has 8 nitrogen and oxygen atoms in total. The van der Waals surface area contributed by atoms with E-state index in [0.717, 1.165) is 44.6 Å². The number of aromatic carboxylic acids is 1. The van der Waals surface area contributed by atoms with Gasteiger partial charge in [-0.3, -0.25) is 0 Å². The highest BCUT2D eigenvalue weighted by Gasteiger charge is 2.29. The Morgan fingerprint density at radius 2 is 1.62 bits per heavy atom. The summed E-state index contributed by atoms with van der Waals surface area (Å²) in [5, 5.41) is 8.97. The number of carboxylic acid groups (broad SMARTS) is 1. The van der Waals surface area contributed by atoms with E-state index in [0.29, 0.717) is 13.1 Å². The van der Waals surface area contributed by atoms with Crippen molar-refractivity contribution in [3.8, 4) is 0 Å². The predicted octanol–water partition coefficient (Wildman–Crippen LogP) is 3.16. The van der Waals surface area contributed by atoms with Crippen LogP contribution < -0.4 is 4.90 Å². The Balaban J connectivity index is 1.40. The zero-order valence-electron chi connectivity index (χ0n) is 17.5. The number of amides is 1. The summed E-state index contributed by atoms with van der Waals surface area (Å²) in [4.78, 5) is 31.3. The Kier molecular flexibility index (Phi) is 6.62. The zero-order chi connectivity index (χ0) is 21.0. The zero-order valence-corrected chi connectivity index (χ0v) is 17.5. The molecule has 0 radical (unpaired) electrons. The number of ether oxygens (including phenoxy) is 2. The summed E-state index contributed by atoms with van der Waals surface area (Å²) in [5.74, 6) is -0.159. The van der Waals surface area contributed by atoms with Crippen LogP contribution in [-0.4, -0.2) is 71.0 Å². The van der Waals surface area contributed by atoms with Crippen molar-refractivity contribution < 1.29 is 24.2 Å². The second-order valence-corrected chi connectivity index (χ2v) is 8.70. The molecule has 1 aromatic rings. The van der Waals surface area contributed by atoms with Gasteiger partial charge in [-0.1, -0.05) is 0 Å². The molecule has 0 aromatic carbocycles. The summed E-state index contributed by atoms with van der Waals surface area (Å²) in [7, 11) is 0. The van der Waals surface area contributed by atoms with Crippen molar-refractivity contribution in [3.63, 3.8) is 0 Å². The first-order chi connectivity index (χ1) is 13.7. The molecular weight excluding hydrogens is 374 g/mol. The number of hydrogen-bond acceptors (Lipinski definition) is 6. The second kappa shape index (κ2) is 8.98. The number of nitrogens with zero attached hydrogens (tertiary/aromatic N) is 3. The van der Waals surface area contributed by atoms with Crippen molar-refractivity contribution in [2.75, 3.05) is 31.1 Å². The first-order valence-corrected chi connectivity index (χ1v) is 10.3. The monoisotopic (exact) mass is 405 g/mol. The van der Waals surface area contributed by atoms with Gasteiger partial charge in [0.2, 0.25) is 0 Å². The van der Waals surface area contributed by atoms with E-state index in [9.17, 15) is 9.59 Å². The number of carbonyl (C=O) groups is 2. The van der Waals surface area contributed by atoms with E-state index in [1.54, 1.807) is 17.0 Å². The molecule has 0 atom stereocenters. The van der Waals surface area contributed by atoms with E-state index in [1.165, 1.54) is 6.20 Å². The van der Waals surface area contributed by atoms with Gasteiger partial charge in [-0.25, -0.2) is 14.6 Å². The molecule has 8 heteroatoms. The number of piperidine rings is 2. The van der Waals surface area contributed by atoms with E-state index < -0.39 is 11.6 Å². The lowest BCUT2D eigenvalue weighted by Crippen LogP contribution is -2.45. The molecular formula is C21H31N3O5. The summed E-state index contributed by atoms with van der Waals surface area (Å²) in [6.45, 7) is 8.63. The van der Waals surface area contributed by atoms with E-state index >= 15 is 0 Å². The van der Waals surface area contributed by atoms with Gasteiger partial charge in [-0.2, -0.15) is 0 Å². The average Bonchev–Trinajstić information content (AvgIpc) is 2.68. The Morgan fingerprint density at radius 3 is 2.10 bits per heavy atom. The highest BCUT2D eigenvalue weighted by atomic mass is 16.6. The molecule has 0 bridgehead atoms. The topological polar surface area (TPSA) is 92.2 Å². The van der Waals surface area contributed by atoms with Crippen LogP contribution in [0, 0.1) is 0 Å². The minimum Gasteiger partial charge on any atom is -0.478 e. The van der Waals surface area contributed by atoms with E-state index in [4.69, 9.17) is 14.6 Å². The molecule has 0 spiro atoms. The van der Waals surface area contributed by atoms with Gasteiger partial charge < -0.3 is 24.4 Å². The molecule has 1 amide bonds. The Labute approximate surface area is 171 Å². The van der Waals surface area contributed by atoms with Crippen molar-refractivity contribution in [1.29, 1.82) is 0 Å². The fourth-order valence-electron chi connectivity index (χ4n) is 3.69. The summed E-state index contributed by atoms with van der Waals surface area (Å²) < 4.78 is 11.7. The van der Waals surface area contributed by atoms with Gasteiger partial charge in [0, 0.05) is 32.4 Å². The molecule has 0 saturated carbocycles. The number of likely N-dealkylation sites (tertiary alicyclic amines) is 1. The molecule has 2 saturated heterocycles. The summed E-state index contributed by atoms with van der Waals surface area (Å²) in [5.41, 5.74) is -0.272. The molecule has 0 aliphatic carbocycles. The van der Waals surface area contributed by atoms with Crippen LogP contribution in [0.5, 0.6) is 0 Å². The molecule has 2 aliphatic heterocycles. The van der Waals surface area contributed by atoms with Gasteiger partial charge in [0.05, 0.1) is 17.8 Å². The maximum atomic E-state index is 12.2. The molecule has 29 heavy (non-hydrogen) atoms. The molecule has 1 aromatic heterocycles. The van der Waals surface area contributed by atoms with Crippen LogP contribution in [0.1, 0.15) is 56.8 Å². The number of carboxylic acids is 1. The largest absolute Gasteiger partial charge is 0.478 e. The van der Waals surface area contributed by atoms with Gasteiger partial charge in [0.15, 0.2) is 0 Å². The van der Waals surface area contributed by atoms with Gasteiger partial charge in [0.1, 0.15) is 11.4 Å². The lowest BCUT2D eigenvalue weighted by atomic mass is 10.0. The molecule has 1 N–H and O–H groups in total. The first kappa shape index (κ1) is 21.4. The third-order valence-electron chi connectivity index (χ3n) is 5.24. The lowest BCUT2D eigenvalue weighted by Gasteiger charge is -2.37. The molecule has 160 valence electrons. The number of aromatic nitrogens is 1. The van der Waals surface area contributed by atoms with Crippen molar-refractivity contribution in [2.24, 2.45) is 0 Å². The quantitative estimate of drug-likeness (QED) is 0.822. The fourth-order valence-corrected chi connectivity index (χ4v) is 3.69. The Morgan fingerprint density at radius 1 is 1.03 bits per heavy atom. The Hall–Kier alpha value is -2.35. The highest BCUT2D eigenvalue weighted by molar-refractivity contribution is 5.87. The van der Waals surface area contributed by atoms with E-state index in [1.807, 2.05) is 20.8 Å². The van der Waals surface area contributed by atoms with E-state index in [-0.39, 0.29) is 23.9 Å². The van der Waals surface area contributed by atoms with Crippen LogP contribution in [0.4, 0.5) is 10.6 Å². The average molecular weight is 405 g/mol. The van der Waals surface area contributed by atoms with Crippen LogP contribution in [0.2, 0.25) is 0 Å². The van der Waals surface area contributed by atoms with Gasteiger partial charge in [-0.05, 0) is 58.6 Å². The molecule has 2 aliphatic rings. The SMILES string of the molecule is CC(C)(C)OC(=O)N1CCC(OC2CCN(c3ccc(C(=O)O)cn3)CC2)CC1. The van der Waals surface area contributed by atoms with Crippen LogP contribution in [-0.2, 0) is 9.47 Å². The van der Waals surface area contributed by atoms with Crippen LogP contribution in [0.15, 0.2) is 18.3 Å². The first-order valence-electron chi connectivity index (χ1n) is 10.3. The number of hydrogen-bond donors (Lipinski definition) is 1. The van der Waals surface area contributed by atoms with Crippen LogP contribution in [0.3, 0.4) is 0 Å². The van der Waals surface area contributed by atoms with E-state index in [2.05, 4.69) is 9.88 Å². The van der Waals surface area contributed by atoms with Crippen molar-refractivity contribution >= 4 is 17.9 Å². The van der Waals surface area contributed by atoms with Gasteiger partial charge in [0.25, 0.3) is 0 Å². The minimum absolute atomic E-state index is 0.179. The van der Waals surface area contributed by atoms with Crippen molar-refractivity contribution in [3.05, 3.63) is 23.9 Å². The summed E-state index contributed by atoms with van der Waals surface area (Å²) >= 11 is 0. The van der Waals surface area contributed by atoms with Crippen LogP contribution >= 0.6 is 0 Å². The fraction of sp³-hybridized carbons (Fsp3) is 0.667. The molecule has 3 heterocycles. The second-order valence-electron chi connectivity index (χ2n) is 8.70. The number of rotatable bonds is 4. The normalized spacial score (nSPS) is 19.3. The third kappa shape index (κ3) is 6.06. The Bertz CT molecular complexity index is 700. The number of pyridine rings is 1. The van der Waals surface area contributed by atoms with Crippen molar-refractivity contribution in [1.82, 2.24) is 9.88 Å². The maximum absolute atomic E-state index is 12.2. The van der Waals surface area contributed by atoms with Gasteiger partial charge in [-0.15, -0.1) is 0 Å². The molecule has 3 rings (SSSR count). The minimum atomic E-state index is -0.964. The summed E-state index contributed by atoms with van der Waals surface area (Å²) in [6, 6.07) is 3.35. The van der Waals surface area contributed by atoms with Gasteiger partial charge >= 0.3 is 12.1 Å². The third-order valence-corrected chi connectivity index (χ3v) is 5.24. The standard InChI is InChI=1S/C21H31N3O5/c1-21(2,3)29-20(27)24-12-8-17(9-13-24)28-16-6-10-23(11-7-16)18-5-4-15(14-22-18)19(25)26/h4-5,14,16-17H,6-13H2,1-3H3,(H,25,26). The number of anilines is 1. The van der Waals surface area contributed by atoms with Crippen molar-refractivity contribution in [2.45, 2.75) is 64.3 Å². The predicted molar refractivity (Wildman–Crippen MR) is 108 cm³/mol. The number of carbonyl (C=O) groups excluding carboxylic acids is 1.